The van der Waals surface area contributed by atoms with Crippen LogP contribution in [-0.4, -0.2) is 56.6 Å². The van der Waals surface area contributed by atoms with Gasteiger partial charge in [-0.3, -0.25) is 4.79 Å². The highest BCUT2D eigenvalue weighted by Crippen LogP contribution is 1.98. The number of carbonyl (C=O) groups excluding carboxylic acids is 1. The zero-order chi connectivity index (χ0) is 9.72. The number of ketones is 1. The van der Waals surface area contributed by atoms with Crippen LogP contribution in [0.25, 0.3) is 0 Å². The van der Waals surface area contributed by atoms with Crippen molar-refractivity contribution in [3.63, 3.8) is 0 Å². The molecule has 0 aliphatic carbocycles. The van der Waals surface area contributed by atoms with Crippen LogP contribution in [0.15, 0.2) is 0 Å². The highest BCUT2D eigenvalue weighted by atomic mass is 17.1. The Morgan fingerprint density at radius 1 is 1.33 bits per heavy atom. The molecule has 0 saturated heterocycles. The predicted molar refractivity (Wildman–Crippen MR) is 33.8 cm³/mol. The summed E-state index contributed by atoms with van der Waals surface area (Å²) in [6.45, 7) is -0.842. The summed E-state index contributed by atoms with van der Waals surface area (Å²) in [6, 6.07) is 0. The number of rotatable bonds is 5. The molecule has 0 fully saturated rings. The number of Topliss-reactive ketones (excluding diaryl/α,β-unsaturated/α-hetero) is 1. The average Bonchev–Trinajstić information content (AvgIpc) is 2.12. The maximum Gasteiger partial charge on any atom is 0.250 e. The zero-order valence-electron chi connectivity index (χ0n) is 5.99. The Hall–Kier alpha value is -0.570. The SMILES string of the molecule is O=C([C@H](O)OO)[C@@H](O)[C@H](O)CO. The minimum atomic E-state index is -2.22. The zero-order valence-corrected chi connectivity index (χ0v) is 5.99. The van der Waals surface area contributed by atoms with E-state index in [4.69, 9.17) is 25.7 Å². The van der Waals surface area contributed by atoms with Gasteiger partial charge in [-0.05, 0) is 0 Å². The first-order chi connectivity index (χ1) is 5.54. The molecule has 0 spiro atoms. The number of aliphatic hydroxyl groups excluding tert-OH is 4. The molecule has 0 unspecified atom stereocenters. The molecule has 5 N–H and O–H groups in total. The summed E-state index contributed by atoms with van der Waals surface area (Å²) in [7, 11) is 0. The van der Waals surface area contributed by atoms with E-state index in [1.807, 2.05) is 0 Å². The van der Waals surface area contributed by atoms with Crippen LogP contribution in [0.2, 0.25) is 0 Å². The lowest BCUT2D eigenvalue weighted by molar-refractivity contribution is -0.323. The Balaban J connectivity index is 4.09. The van der Waals surface area contributed by atoms with Gasteiger partial charge in [-0.15, -0.1) is 0 Å². The van der Waals surface area contributed by atoms with Gasteiger partial charge in [0.15, 0.2) is 0 Å². The molecule has 12 heavy (non-hydrogen) atoms. The van der Waals surface area contributed by atoms with Crippen LogP contribution < -0.4 is 0 Å². The molecule has 0 amide bonds. The van der Waals surface area contributed by atoms with Crippen LogP contribution in [0.4, 0.5) is 0 Å². The Morgan fingerprint density at radius 2 is 1.83 bits per heavy atom. The summed E-state index contributed by atoms with van der Waals surface area (Å²) in [6.07, 6.45) is -5.92. The predicted octanol–water partition coefficient (Wildman–Crippen LogP) is -2.92. The number of aliphatic hydroxyl groups is 4. The van der Waals surface area contributed by atoms with Crippen molar-refractivity contribution in [3.05, 3.63) is 0 Å². The van der Waals surface area contributed by atoms with E-state index in [1.165, 1.54) is 0 Å². The first-order valence-corrected chi connectivity index (χ1v) is 3.03. The van der Waals surface area contributed by atoms with Crippen LogP contribution >= 0.6 is 0 Å². The molecule has 0 aliphatic heterocycles. The van der Waals surface area contributed by atoms with Crippen molar-refractivity contribution in [2.75, 3.05) is 6.61 Å². The van der Waals surface area contributed by atoms with Gasteiger partial charge >= 0.3 is 0 Å². The smallest absolute Gasteiger partial charge is 0.250 e. The van der Waals surface area contributed by atoms with E-state index in [9.17, 15) is 4.79 Å². The van der Waals surface area contributed by atoms with E-state index in [-0.39, 0.29) is 0 Å². The summed E-state index contributed by atoms with van der Waals surface area (Å²) in [5.74, 6) is -1.33. The fourth-order valence-corrected chi connectivity index (χ4v) is 0.487. The third kappa shape index (κ3) is 2.81. The van der Waals surface area contributed by atoms with E-state index in [0.717, 1.165) is 0 Å². The lowest BCUT2D eigenvalue weighted by atomic mass is 10.1. The van der Waals surface area contributed by atoms with Crippen molar-refractivity contribution in [3.8, 4) is 0 Å². The second-order valence-corrected chi connectivity index (χ2v) is 2.05. The lowest BCUT2D eigenvalue weighted by Gasteiger charge is -2.15. The maximum atomic E-state index is 10.6. The summed E-state index contributed by atoms with van der Waals surface area (Å²) in [4.78, 5) is 13.8. The highest BCUT2D eigenvalue weighted by molar-refractivity contribution is 5.86. The molecule has 0 rings (SSSR count). The minimum absolute atomic E-state index is 0.842. The van der Waals surface area contributed by atoms with Crippen molar-refractivity contribution in [2.24, 2.45) is 0 Å². The molecular formula is C5H10O7. The van der Waals surface area contributed by atoms with E-state index in [2.05, 4.69) is 4.89 Å². The Bertz CT molecular complexity index is 147. The second kappa shape index (κ2) is 5.14. The number of hydrogen-bond acceptors (Lipinski definition) is 7. The quantitative estimate of drug-likeness (QED) is 0.175. The molecule has 0 saturated carbocycles. The molecule has 72 valence electrons. The summed E-state index contributed by atoms with van der Waals surface area (Å²) in [5, 5.41) is 42.0. The van der Waals surface area contributed by atoms with Crippen molar-refractivity contribution >= 4 is 5.78 Å². The molecule has 0 aliphatic rings. The maximum absolute atomic E-state index is 10.6. The summed E-state index contributed by atoms with van der Waals surface area (Å²) in [5.41, 5.74) is 0. The monoisotopic (exact) mass is 182 g/mol. The standard InChI is InChI=1S/C5H10O7/c6-1-2(7)3(8)4(9)5(10)12-11/h2-3,5-8,10-11H,1H2/t2-,3+,5-/m1/s1. The average molecular weight is 182 g/mol. The van der Waals surface area contributed by atoms with Gasteiger partial charge in [-0.1, -0.05) is 0 Å². The van der Waals surface area contributed by atoms with Gasteiger partial charge in [-0.25, -0.2) is 5.26 Å². The third-order valence-corrected chi connectivity index (χ3v) is 1.19. The second-order valence-electron chi connectivity index (χ2n) is 2.05. The van der Waals surface area contributed by atoms with Gasteiger partial charge in [0.1, 0.15) is 12.2 Å². The van der Waals surface area contributed by atoms with E-state index in [0.29, 0.717) is 0 Å². The first-order valence-electron chi connectivity index (χ1n) is 3.03. The molecular weight excluding hydrogens is 172 g/mol. The molecule has 0 bridgehead atoms. The largest absolute Gasteiger partial charge is 0.394 e. The van der Waals surface area contributed by atoms with Crippen molar-refractivity contribution in [1.29, 1.82) is 0 Å². The molecule has 7 heteroatoms. The summed E-state index contributed by atoms with van der Waals surface area (Å²) >= 11 is 0. The van der Waals surface area contributed by atoms with Gasteiger partial charge in [0.05, 0.1) is 6.61 Å². The van der Waals surface area contributed by atoms with Crippen LogP contribution in [0, 0.1) is 0 Å². The molecule has 7 nitrogen and oxygen atoms in total. The van der Waals surface area contributed by atoms with Gasteiger partial charge in [0, 0.05) is 0 Å². The molecule has 0 radical (unpaired) electrons. The molecule has 0 aromatic heterocycles. The Labute approximate surface area is 67.4 Å². The van der Waals surface area contributed by atoms with Gasteiger partial charge in [-0.2, -0.15) is 4.89 Å². The third-order valence-electron chi connectivity index (χ3n) is 1.19. The molecule has 0 heterocycles. The van der Waals surface area contributed by atoms with Crippen molar-refractivity contribution < 1.29 is 35.4 Å². The van der Waals surface area contributed by atoms with Crippen LogP contribution in [0.5, 0.6) is 0 Å². The van der Waals surface area contributed by atoms with Crippen molar-refractivity contribution in [1.82, 2.24) is 0 Å². The van der Waals surface area contributed by atoms with Gasteiger partial charge < -0.3 is 20.4 Å². The van der Waals surface area contributed by atoms with E-state index >= 15 is 0 Å². The molecule has 3 atom stereocenters. The van der Waals surface area contributed by atoms with Crippen LogP contribution in [0.1, 0.15) is 0 Å². The topological polar surface area (TPSA) is 127 Å². The normalized spacial score (nSPS) is 18.4. The van der Waals surface area contributed by atoms with Crippen LogP contribution in [0.3, 0.4) is 0 Å². The van der Waals surface area contributed by atoms with Crippen LogP contribution in [-0.2, 0) is 9.68 Å². The fourth-order valence-electron chi connectivity index (χ4n) is 0.487. The van der Waals surface area contributed by atoms with Crippen molar-refractivity contribution in [2.45, 2.75) is 18.5 Å². The van der Waals surface area contributed by atoms with E-state index in [1.54, 1.807) is 0 Å². The number of hydrogen-bond donors (Lipinski definition) is 5. The minimum Gasteiger partial charge on any atom is -0.394 e. The Kier molecular flexibility index (Phi) is 4.90. The fraction of sp³-hybridized carbons (Fsp3) is 0.800. The van der Waals surface area contributed by atoms with E-state index < -0.39 is 30.9 Å². The molecule has 0 aromatic rings. The lowest BCUT2D eigenvalue weighted by Crippen LogP contribution is -2.42. The van der Waals surface area contributed by atoms with Gasteiger partial charge in [0.2, 0.25) is 5.78 Å². The summed E-state index contributed by atoms with van der Waals surface area (Å²) < 4.78 is 0. The highest BCUT2D eigenvalue weighted by Gasteiger charge is 2.29. The molecule has 0 aromatic carbocycles. The van der Waals surface area contributed by atoms with Gasteiger partial charge in [0.25, 0.3) is 6.29 Å². The first kappa shape index (κ1) is 11.4. The Morgan fingerprint density at radius 3 is 2.17 bits per heavy atom. The number of carbonyl (C=O) groups is 1.